The van der Waals surface area contributed by atoms with Gasteiger partial charge in [-0.25, -0.2) is 4.79 Å². The molecule has 2 aromatic rings. The van der Waals surface area contributed by atoms with Crippen LogP contribution < -0.4 is 16.1 Å². The predicted molar refractivity (Wildman–Crippen MR) is 72.5 cm³/mol. The van der Waals surface area contributed by atoms with Gasteiger partial charge in [-0.2, -0.15) is 5.26 Å². The van der Waals surface area contributed by atoms with Gasteiger partial charge in [0.1, 0.15) is 11.9 Å². The van der Waals surface area contributed by atoms with Crippen molar-refractivity contribution in [1.29, 1.82) is 5.26 Å². The summed E-state index contributed by atoms with van der Waals surface area (Å²) in [6, 6.07) is 3.65. The maximum atomic E-state index is 12.0. The fraction of sp³-hybridized carbons (Fsp3) is 0.308. The molecule has 0 aliphatic heterocycles. The summed E-state index contributed by atoms with van der Waals surface area (Å²) in [7, 11) is 4.59. The van der Waals surface area contributed by atoms with Gasteiger partial charge in [0.2, 0.25) is 0 Å². The van der Waals surface area contributed by atoms with Crippen molar-refractivity contribution in [3.8, 4) is 6.07 Å². The number of rotatable bonds is 3. The van der Waals surface area contributed by atoms with Gasteiger partial charge >= 0.3 is 5.69 Å². The Labute approximate surface area is 114 Å². The molecule has 0 unspecified atom stereocenters. The molecule has 2 aromatic heterocycles. The summed E-state index contributed by atoms with van der Waals surface area (Å²) in [6.07, 6.45) is 3.11. The highest BCUT2D eigenvalue weighted by molar-refractivity contribution is 5.53. The maximum Gasteiger partial charge on any atom is 0.332 e. The van der Waals surface area contributed by atoms with Crippen LogP contribution >= 0.6 is 0 Å². The first kappa shape index (κ1) is 13.7. The number of aromatic nitrogens is 2. The van der Waals surface area contributed by atoms with Crippen molar-refractivity contribution >= 4 is 5.82 Å². The molecule has 0 N–H and O–H groups in total. The smallest absolute Gasteiger partial charge is 0.332 e. The van der Waals surface area contributed by atoms with E-state index in [2.05, 4.69) is 0 Å². The van der Waals surface area contributed by atoms with E-state index in [1.807, 2.05) is 6.07 Å². The summed E-state index contributed by atoms with van der Waals surface area (Å²) in [4.78, 5) is 25.6. The van der Waals surface area contributed by atoms with Crippen LogP contribution in [0.3, 0.4) is 0 Å². The standard InChI is InChI=1S/C13H14N4O3/c1-15(7-9-4-5-20-8-9)11-10(6-14)12(18)17(3)13(19)16(11)2/h4-5,8H,7H2,1-3H3. The summed E-state index contributed by atoms with van der Waals surface area (Å²) in [5, 5.41) is 9.19. The van der Waals surface area contributed by atoms with Crippen molar-refractivity contribution in [2.45, 2.75) is 6.54 Å². The lowest BCUT2D eigenvalue weighted by Gasteiger charge is -2.22. The molecule has 0 fully saturated rings. The van der Waals surface area contributed by atoms with Gasteiger partial charge in [-0.15, -0.1) is 0 Å². The zero-order chi connectivity index (χ0) is 14.9. The van der Waals surface area contributed by atoms with Crippen molar-refractivity contribution in [1.82, 2.24) is 9.13 Å². The first-order valence-corrected chi connectivity index (χ1v) is 5.89. The first-order valence-electron chi connectivity index (χ1n) is 5.89. The molecule has 2 rings (SSSR count). The van der Waals surface area contributed by atoms with Crippen LogP contribution in [0.2, 0.25) is 0 Å². The molecule has 0 bridgehead atoms. The van der Waals surface area contributed by atoms with Crippen LogP contribution in [0.5, 0.6) is 0 Å². The average Bonchev–Trinajstić information content (AvgIpc) is 2.92. The number of nitriles is 1. The van der Waals surface area contributed by atoms with Crippen LogP contribution in [0.15, 0.2) is 32.6 Å². The number of furan rings is 1. The van der Waals surface area contributed by atoms with E-state index in [0.29, 0.717) is 12.4 Å². The Hall–Kier alpha value is -2.75. The van der Waals surface area contributed by atoms with Crippen LogP contribution in [-0.4, -0.2) is 16.2 Å². The molecule has 0 atom stereocenters. The molecule has 0 radical (unpaired) electrons. The summed E-state index contributed by atoms with van der Waals surface area (Å²) >= 11 is 0. The molecule has 0 aromatic carbocycles. The molecule has 0 saturated heterocycles. The van der Waals surface area contributed by atoms with E-state index in [4.69, 9.17) is 4.42 Å². The van der Waals surface area contributed by atoms with Gasteiger partial charge in [0.25, 0.3) is 5.56 Å². The molecule has 0 spiro atoms. The summed E-state index contributed by atoms with van der Waals surface area (Å²) < 4.78 is 7.19. The van der Waals surface area contributed by atoms with Gasteiger partial charge in [0.15, 0.2) is 5.56 Å². The van der Waals surface area contributed by atoms with Crippen molar-refractivity contribution < 1.29 is 4.42 Å². The number of nitrogens with zero attached hydrogens (tertiary/aromatic N) is 4. The second kappa shape index (κ2) is 5.09. The quantitative estimate of drug-likeness (QED) is 0.797. The van der Waals surface area contributed by atoms with Gasteiger partial charge in [0.05, 0.1) is 12.5 Å². The molecule has 7 heteroatoms. The van der Waals surface area contributed by atoms with Crippen LogP contribution in [-0.2, 0) is 20.6 Å². The lowest BCUT2D eigenvalue weighted by Crippen LogP contribution is -2.41. The van der Waals surface area contributed by atoms with Crippen LogP contribution in [0.4, 0.5) is 5.82 Å². The lowest BCUT2D eigenvalue weighted by atomic mass is 10.2. The van der Waals surface area contributed by atoms with Gasteiger partial charge in [-0.3, -0.25) is 13.9 Å². The molecule has 7 nitrogen and oxygen atoms in total. The minimum atomic E-state index is -0.593. The van der Waals surface area contributed by atoms with Gasteiger partial charge in [-0.1, -0.05) is 0 Å². The highest BCUT2D eigenvalue weighted by atomic mass is 16.3. The molecule has 0 aliphatic carbocycles. The minimum Gasteiger partial charge on any atom is -0.472 e. The second-order valence-electron chi connectivity index (χ2n) is 4.50. The number of anilines is 1. The minimum absolute atomic E-state index is 0.0550. The average molecular weight is 274 g/mol. The van der Waals surface area contributed by atoms with E-state index >= 15 is 0 Å². The molecular weight excluding hydrogens is 260 g/mol. The summed E-state index contributed by atoms with van der Waals surface area (Å²) in [6.45, 7) is 0.422. The largest absolute Gasteiger partial charge is 0.472 e. The normalized spacial score (nSPS) is 10.3. The van der Waals surface area contributed by atoms with Crippen LogP contribution in [0, 0.1) is 11.3 Å². The third kappa shape index (κ3) is 2.12. The Balaban J connectivity index is 2.59. The van der Waals surface area contributed by atoms with E-state index in [1.54, 1.807) is 24.3 Å². The fourth-order valence-electron chi connectivity index (χ4n) is 2.11. The zero-order valence-corrected chi connectivity index (χ0v) is 11.5. The molecule has 104 valence electrons. The first-order chi connectivity index (χ1) is 9.47. The molecule has 2 heterocycles. The molecule has 0 aliphatic rings. The Kier molecular flexibility index (Phi) is 3.48. The van der Waals surface area contributed by atoms with Crippen LogP contribution in [0.1, 0.15) is 11.1 Å². The van der Waals surface area contributed by atoms with E-state index in [9.17, 15) is 14.9 Å². The highest BCUT2D eigenvalue weighted by Crippen LogP contribution is 2.15. The lowest BCUT2D eigenvalue weighted by molar-refractivity contribution is 0.563. The second-order valence-corrected chi connectivity index (χ2v) is 4.50. The Morgan fingerprint density at radius 2 is 2.05 bits per heavy atom. The third-order valence-electron chi connectivity index (χ3n) is 3.11. The van der Waals surface area contributed by atoms with Gasteiger partial charge < -0.3 is 9.32 Å². The van der Waals surface area contributed by atoms with E-state index in [0.717, 1.165) is 10.1 Å². The van der Waals surface area contributed by atoms with E-state index in [1.165, 1.54) is 24.9 Å². The summed E-state index contributed by atoms with van der Waals surface area (Å²) in [5.41, 5.74) is -0.238. The Bertz CT molecular complexity index is 778. The van der Waals surface area contributed by atoms with Gasteiger partial charge in [0, 0.05) is 33.3 Å². The highest BCUT2D eigenvalue weighted by Gasteiger charge is 2.18. The van der Waals surface area contributed by atoms with Gasteiger partial charge in [-0.05, 0) is 6.07 Å². The Morgan fingerprint density at radius 1 is 1.35 bits per heavy atom. The van der Waals surface area contributed by atoms with Crippen molar-refractivity contribution in [2.75, 3.05) is 11.9 Å². The SMILES string of the molecule is CN(Cc1ccoc1)c1c(C#N)c(=O)n(C)c(=O)n1C. The van der Waals surface area contributed by atoms with E-state index in [-0.39, 0.29) is 5.56 Å². The molecule has 0 amide bonds. The monoisotopic (exact) mass is 274 g/mol. The third-order valence-corrected chi connectivity index (χ3v) is 3.11. The maximum absolute atomic E-state index is 12.0. The molecule has 0 saturated carbocycles. The summed E-state index contributed by atoms with van der Waals surface area (Å²) in [5.74, 6) is 0.293. The van der Waals surface area contributed by atoms with Crippen molar-refractivity contribution in [3.05, 3.63) is 50.6 Å². The van der Waals surface area contributed by atoms with Crippen LogP contribution in [0.25, 0.3) is 0 Å². The Morgan fingerprint density at radius 3 is 2.60 bits per heavy atom. The number of hydrogen-bond donors (Lipinski definition) is 0. The number of hydrogen-bond acceptors (Lipinski definition) is 5. The zero-order valence-electron chi connectivity index (χ0n) is 11.5. The van der Waals surface area contributed by atoms with Crippen molar-refractivity contribution in [2.24, 2.45) is 14.1 Å². The van der Waals surface area contributed by atoms with E-state index < -0.39 is 11.2 Å². The predicted octanol–water partition coefficient (Wildman–Crippen LogP) is 0.185. The fourth-order valence-corrected chi connectivity index (χ4v) is 2.11. The molecular formula is C13H14N4O3. The van der Waals surface area contributed by atoms with Crippen molar-refractivity contribution in [3.63, 3.8) is 0 Å². The topological polar surface area (TPSA) is 84.2 Å². The molecule has 20 heavy (non-hydrogen) atoms.